The maximum atomic E-state index is 15.6. The fraction of sp³-hybridized carbons (Fsp3) is 0.469. The number of amides is 3. The highest BCUT2D eigenvalue weighted by Crippen LogP contribution is 2.41. The van der Waals surface area contributed by atoms with Crippen LogP contribution >= 0.6 is 0 Å². The van der Waals surface area contributed by atoms with Crippen molar-refractivity contribution in [3.8, 4) is 5.75 Å². The number of benzene rings is 3. The van der Waals surface area contributed by atoms with E-state index in [1.807, 2.05) is 25.1 Å². The summed E-state index contributed by atoms with van der Waals surface area (Å²) in [6.07, 6.45) is 9.79. The van der Waals surface area contributed by atoms with Gasteiger partial charge in [0.15, 0.2) is 5.79 Å². The number of piperazine rings is 1. The monoisotopic (exact) mass is 888 g/mol. The molecule has 6 aliphatic rings. The number of para-hydroxylation sites is 1. The summed E-state index contributed by atoms with van der Waals surface area (Å²) in [5.41, 5.74) is 25.0. The van der Waals surface area contributed by atoms with Gasteiger partial charge in [0, 0.05) is 123 Å². The minimum absolute atomic E-state index is 0.0334. The number of phenols is 1. The molecule has 344 valence electrons. The van der Waals surface area contributed by atoms with Crippen LogP contribution in [0.25, 0.3) is 16.6 Å². The van der Waals surface area contributed by atoms with Crippen LogP contribution in [0.3, 0.4) is 0 Å². The number of imide groups is 1. The molecule has 2 atom stereocenters. The Morgan fingerprint density at radius 2 is 1.60 bits per heavy atom. The van der Waals surface area contributed by atoms with Crippen molar-refractivity contribution in [1.29, 1.82) is 0 Å². The molecule has 0 saturated carbocycles. The molecular formula is C49H61FN10O5. The number of nitrogens with zero attached hydrogens (tertiary/aromatic N) is 6. The van der Waals surface area contributed by atoms with Crippen LogP contribution in [-0.2, 0) is 14.3 Å². The van der Waals surface area contributed by atoms with Crippen molar-refractivity contribution < 1.29 is 28.6 Å². The van der Waals surface area contributed by atoms with E-state index in [4.69, 9.17) is 26.7 Å². The zero-order valence-corrected chi connectivity index (χ0v) is 37.1. The maximum absolute atomic E-state index is 15.6. The van der Waals surface area contributed by atoms with Gasteiger partial charge in [-0.05, 0) is 98.7 Å². The van der Waals surface area contributed by atoms with Crippen LogP contribution in [0.4, 0.5) is 26.2 Å². The summed E-state index contributed by atoms with van der Waals surface area (Å²) >= 11 is 0. The third-order valence-electron chi connectivity index (χ3n) is 14.8. The Kier molecular flexibility index (Phi) is 11.5. The van der Waals surface area contributed by atoms with Gasteiger partial charge in [-0.2, -0.15) is 0 Å². The molecule has 15 nitrogen and oxygen atoms in total. The van der Waals surface area contributed by atoms with Crippen LogP contribution in [0, 0.1) is 18.7 Å². The van der Waals surface area contributed by atoms with Crippen LogP contribution in [0.5, 0.6) is 5.75 Å². The lowest BCUT2D eigenvalue weighted by Crippen LogP contribution is -2.54. The third kappa shape index (κ3) is 8.43. The number of urea groups is 1. The molecular weight excluding hydrogens is 828 g/mol. The first-order chi connectivity index (χ1) is 31.4. The first-order valence-corrected chi connectivity index (χ1v) is 23.2. The lowest BCUT2D eigenvalue weighted by molar-refractivity contribution is -0.295. The fourth-order valence-electron chi connectivity index (χ4n) is 11.3. The van der Waals surface area contributed by atoms with E-state index in [1.165, 1.54) is 0 Å². The molecule has 8 N–H and O–H groups in total. The molecule has 0 aliphatic carbocycles. The molecule has 10 rings (SSSR count). The van der Waals surface area contributed by atoms with E-state index in [2.05, 4.69) is 53.9 Å². The molecule has 2 bridgehead atoms. The van der Waals surface area contributed by atoms with Crippen molar-refractivity contribution in [2.75, 3.05) is 80.3 Å². The standard InChI is InChI=1S/C49H61FN10O5/c1-31-22-42-33(23-41(31)59-19-13-46(62)54-48(59)63)12-18-58(42)37-29-64-49(65-30-37)14-20-55(21-15-49)26-32-10-16-56(17-11-32)43-24-34(8-9-39(43)50)60-35-6-7-36(60)28-57(27-35)44(47(52)53)25-40(51)38-4-2-3-5-45(38)61/h2-5,8-9,12,18,22-25,32,35-37,61H,6-7,10-11,13-17,19-21,26-30,51-53H2,1H3,(H,54,62,63)/b40-25-. The summed E-state index contributed by atoms with van der Waals surface area (Å²) in [7, 11) is 0. The van der Waals surface area contributed by atoms with Gasteiger partial charge in [0.2, 0.25) is 5.91 Å². The number of aromatic nitrogens is 1. The van der Waals surface area contributed by atoms with E-state index >= 15 is 4.39 Å². The molecule has 1 spiro atoms. The number of likely N-dealkylation sites (tertiary alicyclic amines) is 2. The number of allylic oxidation sites excluding steroid dienone is 1. The van der Waals surface area contributed by atoms with Crippen LogP contribution in [0.2, 0.25) is 0 Å². The number of carbonyl (C=O) groups excluding carboxylic acids is 2. The summed E-state index contributed by atoms with van der Waals surface area (Å²) in [6, 6.07) is 18.8. The zero-order valence-electron chi connectivity index (χ0n) is 37.1. The molecule has 6 fully saturated rings. The van der Waals surface area contributed by atoms with Crippen LogP contribution < -0.4 is 37.2 Å². The molecule has 6 saturated heterocycles. The van der Waals surface area contributed by atoms with Gasteiger partial charge in [-0.15, -0.1) is 0 Å². The van der Waals surface area contributed by atoms with Gasteiger partial charge < -0.3 is 55.9 Å². The number of phenolic OH excluding ortho intramolecular Hbond substituents is 1. The van der Waals surface area contributed by atoms with Gasteiger partial charge in [0.05, 0.1) is 30.6 Å². The first-order valence-electron chi connectivity index (χ1n) is 23.2. The van der Waals surface area contributed by atoms with E-state index in [0.717, 1.165) is 99.1 Å². The fourth-order valence-corrected chi connectivity index (χ4v) is 11.3. The summed E-state index contributed by atoms with van der Waals surface area (Å²) < 4.78 is 31.0. The normalized spacial score (nSPS) is 23.4. The highest BCUT2D eigenvalue weighted by Gasteiger charge is 2.43. The second kappa shape index (κ2) is 17.4. The highest BCUT2D eigenvalue weighted by atomic mass is 19.1. The number of hydrogen-bond donors (Lipinski definition) is 5. The number of fused-ring (bicyclic) bond motifs is 3. The SMILES string of the molecule is Cc1cc2c(ccn2C2COC3(CCN(CC4CCN(c5cc(N6C7CCC6CN(C(/C=C(\N)c6ccccc6O)=C(N)N)C7)ccc5F)CC4)CC3)OC2)cc1N1CCC(=O)NC1=O. The number of carbonyl (C=O) groups is 2. The molecule has 0 radical (unpaired) electrons. The molecule has 1 aromatic heterocycles. The predicted molar refractivity (Wildman–Crippen MR) is 249 cm³/mol. The minimum atomic E-state index is -0.564. The van der Waals surface area contributed by atoms with Gasteiger partial charge in [-0.1, -0.05) is 12.1 Å². The Balaban J connectivity index is 0.707. The summed E-state index contributed by atoms with van der Waals surface area (Å²) in [4.78, 5) is 35.3. The number of anilines is 3. The zero-order chi connectivity index (χ0) is 45.0. The number of rotatable bonds is 9. The second-order valence-electron chi connectivity index (χ2n) is 18.9. The van der Waals surface area contributed by atoms with Gasteiger partial charge in [-0.3, -0.25) is 15.0 Å². The number of nitrogens with one attached hydrogen (secondary N) is 1. The Hall–Kier alpha value is -5.97. The maximum Gasteiger partial charge on any atom is 0.328 e. The van der Waals surface area contributed by atoms with E-state index in [-0.39, 0.29) is 53.9 Å². The lowest BCUT2D eigenvalue weighted by atomic mass is 9.94. The Morgan fingerprint density at radius 1 is 0.877 bits per heavy atom. The topological polar surface area (TPSA) is 184 Å². The molecule has 4 aromatic rings. The number of ether oxygens (including phenoxy) is 2. The van der Waals surface area contributed by atoms with Crippen molar-refractivity contribution in [2.24, 2.45) is 23.1 Å². The molecule has 2 unspecified atom stereocenters. The number of piperidine rings is 2. The summed E-state index contributed by atoms with van der Waals surface area (Å²) in [6.45, 7) is 9.36. The Labute approximate surface area is 379 Å². The number of halogens is 1. The van der Waals surface area contributed by atoms with E-state index in [9.17, 15) is 14.7 Å². The average molecular weight is 889 g/mol. The summed E-state index contributed by atoms with van der Waals surface area (Å²) in [5, 5.41) is 13.8. The van der Waals surface area contributed by atoms with Gasteiger partial charge in [0.25, 0.3) is 0 Å². The van der Waals surface area contributed by atoms with E-state index < -0.39 is 5.79 Å². The van der Waals surface area contributed by atoms with Gasteiger partial charge >= 0.3 is 6.03 Å². The minimum Gasteiger partial charge on any atom is -0.507 e. The molecule has 6 aliphatic heterocycles. The Bertz CT molecular complexity index is 2500. The van der Waals surface area contributed by atoms with Crippen molar-refractivity contribution in [1.82, 2.24) is 19.7 Å². The van der Waals surface area contributed by atoms with Gasteiger partial charge in [-0.25, -0.2) is 9.18 Å². The first kappa shape index (κ1) is 43.0. The molecule has 7 heterocycles. The van der Waals surface area contributed by atoms with Crippen molar-refractivity contribution >= 4 is 45.6 Å². The van der Waals surface area contributed by atoms with Crippen LogP contribution in [0.1, 0.15) is 62.1 Å². The van der Waals surface area contributed by atoms with E-state index in [0.29, 0.717) is 61.4 Å². The highest BCUT2D eigenvalue weighted by molar-refractivity contribution is 6.06. The van der Waals surface area contributed by atoms with Crippen molar-refractivity contribution in [2.45, 2.75) is 75.8 Å². The van der Waals surface area contributed by atoms with Crippen LogP contribution in [0.15, 0.2) is 84.5 Å². The number of aromatic hydroxyl groups is 1. The third-order valence-corrected chi connectivity index (χ3v) is 14.8. The lowest BCUT2D eigenvalue weighted by Gasteiger charge is -2.46. The smallest absolute Gasteiger partial charge is 0.328 e. The van der Waals surface area contributed by atoms with Crippen molar-refractivity contribution in [3.63, 3.8) is 0 Å². The largest absolute Gasteiger partial charge is 0.507 e. The molecule has 3 amide bonds. The molecule has 16 heteroatoms. The van der Waals surface area contributed by atoms with Crippen LogP contribution in [-0.4, -0.2) is 115 Å². The van der Waals surface area contributed by atoms with Crippen molar-refractivity contribution in [3.05, 3.63) is 101 Å². The molecule has 65 heavy (non-hydrogen) atoms. The molecule has 3 aromatic carbocycles. The Morgan fingerprint density at radius 3 is 2.29 bits per heavy atom. The number of hydrogen-bond acceptors (Lipinski definition) is 12. The number of aryl methyl sites for hydroxylation is 1. The average Bonchev–Trinajstić information content (AvgIpc) is 3.83. The van der Waals surface area contributed by atoms with Gasteiger partial charge in [0.1, 0.15) is 17.4 Å². The summed E-state index contributed by atoms with van der Waals surface area (Å²) in [5.74, 6) is -0.176. The predicted octanol–water partition coefficient (Wildman–Crippen LogP) is 5.28. The van der Waals surface area contributed by atoms with E-state index in [1.54, 1.807) is 35.2 Å². The number of nitrogens with two attached hydrogens (primary N) is 3. The quantitative estimate of drug-likeness (QED) is 0.137. The second-order valence-corrected chi connectivity index (χ2v) is 18.9.